The van der Waals surface area contributed by atoms with Crippen LogP contribution in [-0.4, -0.2) is 12.6 Å². The first-order chi connectivity index (χ1) is 20.6. The van der Waals surface area contributed by atoms with Gasteiger partial charge in [-0.05, 0) is 48.6 Å². The number of unbranched alkanes of at least 4 members (excludes halogenated alkanes) is 18. The Morgan fingerprint density at radius 3 is 1.43 bits per heavy atom. The van der Waals surface area contributed by atoms with Gasteiger partial charge in [-0.2, -0.15) is 0 Å². The minimum atomic E-state index is -0.226. The maximum Gasteiger partial charge on any atom is 0.306 e. The fourth-order valence-corrected chi connectivity index (χ4v) is 5.55. The molecule has 0 amide bonds. The second kappa shape index (κ2) is 24.2. The van der Waals surface area contributed by atoms with Gasteiger partial charge in [-0.3, -0.25) is 4.79 Å². The molecular formula is C39H62O3. The minimum absolute atomic E-state index is 0.0829. The van der Waals surface area contributed by atoms with E-state index in [9.17, 15) is 4.79 Å². The Balaban J connectivity index is 1.57. The van der Waals surface area contributed by atoms with Crippen LogP contribution >= 0.6 is 0 Å². The lowest BCUT2D eigenvalue weighted by molar-refractivity contribution is -0.148. The lowest BCUT2D eigenvalue weighted by Crippen LogP contribution is -2.08. The van der Waals surface area contributed by atoms with Crippen LogP contribution in [0, 0.1) is 0 Å². The third-order valence-electron chi connectivity index (χ3n) is 8.38. The summed E-state index contributed by atoms with van der Waals surface area (Å²) >= 11 is 0. The van der Waals surface area contributed by atoms with Crippen molar-refractivity contribution in [3.8, 4) is 16.9 Å². The molecule has 2 rings (SSSR count). The van der Waals surface area contributed by atoms with Crippen molar-refractivity contribution in [2.45, 2.75) is 162 Å². The predicted octanol–water partition coefficient (Wildman–Crippen LogP) is 12.6. The van der Waals surface area contributed by atoms with E-state index >= 15 is 0 Å². The molecule has 1 atom stereocenters. The molecule has 0 aromatic heterocycles. The van der Waals surface area contributed by atoms with Gasteiger partial charge in [-0.15, -0.1) is 0 Å². The lowest BCUT2D eigenvalue weighted by atomic mass is 10.0. The zero-order valence-electron chi connectivity index (χ0n) is 27.5. The number of benzene rings is 2. The molecule has 0 saturated carbocycles. The van der Waals surface area contributed by atoms with Crippen LogP contribution in [0.2, 0.25) is 0 Å². The summed E-state index contributed by atoms with van der Waals surface area (Å²) in [7, 11) is 0. The van der Waals surface area contributed by atoms with Crippen molar-refractivity contribution in [3.63, 3.8) is 0 Å². The first-order valence-corrected chi connectivity index (χ1v) is 17.7. The molecule has 236 valence electrons. The molecular weight excluding hydrogens is 516 g/mol. The Hall–Kier alpha value is -2.29. The molecule has 0 saturated heterocycles. The van der Waals surface area contributed by atoms with E-state index in [2.05, 4.69) is 62.4 Å². The molecule has 2 aromatic rings. The summed E-state index contributed by atoms with van der Waals surface area (Å²) in [6.45, 7) is 7.30. The zero-order chi connectivity index (χ0) is 30.1. The van der Waals surface area contributed by atoms with Crippen molar-refractivity contribution in [2.24, 2.45) is 0 Å². The SMILES string of the molecule is CCCCCCCCCCCCCC(=O)OC(C)c1ccc(-c2ccc(OCCCCCCCCCCC)cc2)cc1. The highest BCUT2D eigenvalue weighted by Crippen LogP contribution is 2.26. The van der Waals surface area contributed by atoms with Crippen molar-refractivity contribution in [1.82, 2.24) is 0 Å². The van der Waals surface area contributed by atoms with Crippen molar-refractivity contribution in [3.05, 3.63) is 54.1 Å². The summed E-state index contributed by atoms with van der Waals surface area (Å²) in [4.78, 5) is 12.4. The summed E-state index contributed by atoms with van der Waals surface area (Å²) < 4.78 is 11.7. The van der Waals surface area contributed by atoms with Crippen LogP contribution < -0.4 is 4.74 Å². The fraction of sp³-hybridized carbons (Fsp3) is 0.667. The number of ether oxygens (including phenoxy) is 2. The van der Waals surface area contributed by atoms with E-state index in [1.807, 2.05) is 6.92 Å². The molecule has 0 radical (unpaired) electrons. The second-order valence-corrected chi connectivity index (χ2v) is 12.2. The summed E-state index contributed by atoms with van der Waals surface area (Å²) in [5.41, 5.74) is 3.36. The molecule has 42 heavy (non-hydrogen) atoms. The maximum absolute atomic E-state index is 12.4. The summed E-state index contributed by atoms with van der Waals surface area (Å²) in [5, 5.41) is 0. The van der Waals surface area contributed by atoms with E-state index in [-0.39, 0.29) is 12.1 Å². The number of hydrogen-bond donors (Lipinski definition) is 0. The molecule has 0 heterocycles. The van der Waals surface area contributed by atoms with Crippen molar-refractivity contribution in [1.29, 1.82) is 0 Å². The van der Waals surface area contributed by atoms with E-state index < -0.39 is 0 Å². The number of hydrogen-bond acceptors (Lipinski definition) is 3. The Morgan fingerprint density at radius 1 is 0.548 bits per heavy atom. The number of carbonyl (C=O) groups excluding carboxylic acids is 1. The number of carbonyl (C=O) groups is 1. The standard InChI is InChI=1S/C39H62O3/c1-4-6-8-10-12-14-15-16-18-20-22-24-39(40)42-34(3)35-25-27-36(28-26-35)37-29-31-38(32-30-37)41-33-23-21-19-17-13-11-9-7-5-2/h25-32,34H,4-24,33H2,1-3H3. The Bertz CT molecular complexity index is 902. The third-order valence-corrected chi connectivity index (χ3v) is 8.38. The molecule has 0 fully saturated rings. The van der Waals surface area contributed by atoms with Gasteiger partial charge in [0, 0.05) is 6.42 Å². The van der Waals surface area contributed by atoms with Crippen LogP contribution in [0.5, 0.6) is 5.75 Å². The summed E-state index contributed by atoms with van der Waals surface area (Å²) in [6.07, 6.45) is 26.4. The van der Waals surface area contributed by atoms with Gasteiger partial charge in [0.1, 0.15) is 11.9 Å². The molecule has 2 aromatic carbocycles. The van der Waals surface area contributed by atoms with Gasteiger partial charge in [-0.25, -0.2) is 0 Å². The molecule has 1 unspecified atom stereocenters. The maximum atomic E-state index is 12.4. The van der Waals surface area contributed by atoms with Gasteiger partial charge in [0.15, 0.2) is 0 Å². The van der Waals surface area contributed by atoms with Crippen LogP contribution in [0.25, 0.3) is 11.1 Å². The summed E-state index contributed by atoms with van der Waals surface area (Å²) in [5.74, 6) is 0.855. The molecule has 3 heteroatoms. The van der Waals surface area contributed by atoms with Gasteiger partial charge in [0.05, 0.1) is 6.61 Å². The van der Waals surface area contributed by atoms with E-state index in [1.165, 1.54) is 109 Å². The molecule has 0 aliphatic carbocycles. The average molecular weight is 579 g/mol. The lowest BCUT2D eigenvalue weighted by Gasteiger charge is -2.14. The number of rotatable bonds is 26. The van der Waals surface area contributed by atoms with Gasteiger partial charge in [0.25, 0.3) is 0 Å². The van der Waals surface area contributed by atoms with E-state index in [4.69, 9.17) is 9.47 Å². The minimum Gasteiger partial charge on any atom is -0.494 e. The topological polar surface area (TPSA) is 35.5 Å². The van der Waals surface area contributed by atoms with Crippen LogP contribution in [0.3, 0.4) is 0 Å². The number of esters is 1. The van der Waals surface area contributed by atoms with E-state index in [0.717, 1.165) is 48.3 Å². The highest BCUT2D eigenvalue weighted by molar-refractivity contribution is 5.70. The normalized spacial score (nSPS) is 11.9. The van der Waals surface area contributed by atoms with Crippen molar-refractivity contribution in [2.75, 3.05) is 6.61 Å². The van der Waals surface area contributed by atoms with Gasteiger partial charge in [-0.1, -0.05) is 166 Å². The van der Waals surface area contributed by atoms with E-state index in [0.29, 0.717) is 6.42 Å². The Morgan fingerprint density at radius 2 is 0.952 bits per heavy atom. The average Bonchev–Trinajstić information content (AvgIpc) is 3.01. The van der Waals surface area contributed by atoms with Gasteiger partial charge < -0.3 is 9.47 Å². The summed E-state index contributed by atoms with van der Waals surface area (Å²) in [6, 6.07) is 16.7. The largest absolute Gasteiger partial charge is 0.494 e. The first-order valence-electron chi connectivity index (χ1n) is 17.7. The van der Waals surface area contributed by atoms with Crippen LogP contribution in [0.15, 0.2) is 48.5 Å². The molecule has 0 aliphatic rings. The van der Waals surface area contributed by atoms with Crippen LogP contribution in [0.1, 0.15) is 167 Å². The van der Waals surface area contributed by atoms with Crippen molar-refractivity contribution < 1.29 is 14.3 Å². The molecule has 0 spiro atoms. The Kier molecular flexibility index (Phi) is 20.7. The van der Waals surface area contributed by atoms with Gasteiger partial charge >= 0.3 is 5.97 Å². The first kappa shape index (κ1) is 35.9. The smallest absolute Gasteiger partial charge is 0.306 e. The van der Waals surface area contributed by atoms with Crippen molar-refractivity contribution >= 4 is 5.97 Å². The zero-order valence-corrected chi connectivity index (χ0v) is 27.5. The third kappa shape index (κ3) is 17.0. The fourth-order valence-electron chi connectivity index (χ4n) is 5.55. The van der Waals surface area contributed by atoms with Crippen LogP contribution in [-0.2, 0) is 9.53 Å². The molecule has 0 bridgehead atoms. The molecule has 0 N–H and O–H groups in total. The van der Waals surface area contributed by atoms with E-state index in [1.54, 1.807) is 0 Å². The highest BCUT2D eigenvalue weighted by Gasteiger charge is 2.12. The quantitative estimate of drug-likeness (QED) is 0.0822. The molecule has 3 nitrogen and oxygen atoms in total. The molecule has 0 aliphatic heterocycles. The highest BCUT2D eigenvalue weighted by atomic mass is 16.5. The van der Waals surface area contributed by atoms with Gasteiger partial charge in [0.2, 0.25) is 0 Å². The Labute approximate surface area is 259 Å². The second-order valence-electron chi connectivity index (χ2n) is 12.2. The predicted molar refractivity (Wildman–Crippen MR) is 180 cm³/mol. The monoisotopic (exact) mass is 578 g/mol. The van der Waals surface area contributed by atoms with Crippen LogP contribution in [0.4, 0.5) is 0 Å².